The van der Waals surface area contributed by atoms with Crippen LogP contribution < -0.4 is 9.47 Å². The lowest BCUT2D eigenvalue weighted by Crippen LogP contribution is -2.05. The van der Waals surface area contributed by atoms with Crippen LogP contribution in [-0.4, -0.2) is 25.6 Å². The van der Waals surface area contributed by atoms with Crippen molar-refractivity contribution in [2.45, 2.75) is 19.8 Å². The number of cyclic esters (lactones) is 1. The van der Waals surface area contributed by atoms with Crippen LogP contribution in [0.5, 0.6) is 11.5 Å². The molecule has 0 bridgehead atoms. The van der Waals surface area contributed by atoms with Crippen molar-refractivity contribution in [1.82, 2.24) is 0 Å². The Kier molecular flexibility index (Phi) is 6.60. The zero-order valence-corrected chi connectivity index (χ0v) is 17.0. The minimum atomic E-state index is -0.562. The highest BCUT2D eigenvalue weighted by molar-refractivity contribution is 6.34. The Hall–Kier alpha value is -2.50. The molecule has 1 heterocycles. The van der Waals surface area contributed by atoms with Gasteiger partial charge in [0.2, 0.25) is 5.90 Å². The van der Waals surface area contributed by atoms with Gasteiger partial charge >= 0.3 is 5.97 Å². The van der Waals surface area contributed by atoms with Crippen LogP contribution in [0.15, 0.2) is 47.1 Å². The van der Waals surface area contributed by atoms with Gasteiger partial charge < -0.3 is 14.2 Å². The molecule has 0 unspecified atom stereocenters. The van der Waals surface area contributed by atoms with E-state index in [2.05, 4.69) is 11.9 Å². The van der Waals surface area contributed by atoms with Gasteiger partial charge in [0.1, 0.15) is 0 Å². The second-order valence-corrected chi connectivity index (χ2v) is 6.87. The van der Waals surface area contributed by atoms with Crippen molar-refractivity contribution >= 4 is 41.1 Å². The molecule has 0 spiro atoms. The van der Waals surface area contributed by atoms with Crippen molar-refractivity contribution < 1.29 is 19.0 Å². The number of hydrogen-bond donors (Lipinski definition) is 0. The lowest BCUT2D eigenvalue weighted by Gasteiger charge is -2.13. The van der Waals surface area contributed by atoms with Crippen molar-refractivity contribution in [2.24, 2.45) is 4.99 Å². The van der Waals surface area contributed by atoms with E-state index in [1.54, 1.807) is 42.5 Å². The molecule has 0 radical (unpaired) electrons. The molecule has 146 valence electrons. The molecular weight excluding hydrogens is 401 g/mol. The number of methoxy groups -OCH3 is 1. The van der Waals surface area contributed by atoms with Crippen molar-refractivity contribution in [3.8, 4) is 11.5 Å². The Bertz CT molecular complexity index is 953. The lowest BCUT2D eigenvalue weighted by atomic mass is 10.1. The Morgan fingerprint density at radius 2 is 1.96 bits per heavy atom. The van der Waals surface area contributed by atoms with Crippen LogP contribution in [0, 0.1) is 0 Å². The van der Waals surface area contributed by atoms with Gasteiger partial charge in [-0.15, -0.1) is 0 Å². The standard InChI is InChI=1S/C21H19Cl2NO4/c1-3-4-9-27-19-16(23)10-13(12-18(19)26-2)11-17-21(25)28-20(24-17)14-7-5-6-8-15(14)22/h5-8,10-12H,3-4,9H2,1-2H3/b17-11-. The second kappa shape index (κ2) is 9.13. The van der Waals surface area contributed by atoms with Crippen LogP contribution >= 0.6 is 23.2 Å². The molecule has 0 fully saturated rings. The first-order valence-corrected chi connectivity index (χ1v) is 9.57. The topological polar surface area (TPSA) is 57.1 Å². The van der Waals surface area contributed by atoms with Crippen LogP contribution in [0.2, 0.25) is 10.0 Å². The van der Waals surface area contributed by atoms with E-state index in [4.69, 9.17) is 37.4 Å². The molecule has 0 saturated heterocycles. The third kappa shape index (κ3) is 4.49. The van der Waals surface area contributed by atoms with E-state index in [9.17, 15) is 4.79 Å². The highest BCUT2D eigenvalue weighted by Crippen LogP contribution is 2.37. The van der Waals surface area contributed by atoms with Gasteiger partial charge in [0.25, 0.3) is 0 Å². The molecular formula is C21H19Cl2NO4. The highest BCUT2D eigenvalue weighted by Gasteiger charge is 2.25. The zero-order chi connectivity index (χ0) is 20.1. The van der Waals surface area contributed by atoms with E-state index in [1.165, 1.54) is 7.11 Å². The summed E-state index contributed by atoms with van der Waals surface area (Å²) in [5, 5.41) is 0.845. The summed E-state index contributed by atoms with van der Waals surface area (Å²) in [7, 11) is 1.53. The summed E-state index contributed by atoms with van der Waals surface area (Å²) in [6, 6.07) is 10.4. The van der Waals surface area contributed by atoms with E-state index in [-0.39, 0.29) is 11.6 Å². The molecule has 2 aromatic rings. The Labute approximate surface area is 173 Å². The highest BCUT2D eigenvalue weighted by atomic mass is 35.5. The number of esters is 1. The van der Waals surface area contributed by atoms with Crippen molar-refractivity contribution in [3.05, 3.63) is 63.3 Å². The Morgan fingerprint density at radius 3 is 2.68 bits per heavy atom. The largest absolute Gasteiger partial charge is 0.493 e. The number of nitrogens with zero attached hydrogens (tertiary/aromatic N) is 1. The molecule has 7 heteroatoms. The van der Waals surface area contributed by atoms with E-state index >= 15 is 0 Å². The van der Waals surface area contributed by atoms with Crippen molar-refractivity contribution in [2.75, 3.05) is 13.7 Å². The maximum Gasteiger partial charge on any atom is 0.363 e. The van der Waals surface area contributed by atoms with Gasteiger partial charge in [0.15, 0.2) is 17.2 Å². The molecule has 1 aliphatic heterocycles. The van der Waals surface area contributed by atoms with Crippen LogP contribution in [0.4, 0.5) is 0 Å². The summed E-state index contributed by atoms with van der Waals surface area (Å²) in [5.41, 5.74) is 1.34. The molecule has 3 rings (SSSR count). The van der Waals surface area contributed by atoms with E-state index in [1.807, 2.05) is 0 Å². The number of ether oxygens (including phenoxy) is 3. The average Bonchev–Trinajstić information content (AvgIpc) is 3.03. The minimum absolute atomic E-state index is 0.146. The number of halogens is 2. The summed E-state index contributed by atoms with van der Waals surface area (Å²) >= 11 is 12.5. The molecule has 0 saturated carbocycles. The first-order valence-electron chi connectivity index (χ1n) is 8.81. The summed E-state index contributed by atoms with van der Waals surface area (Å²) in [6.07, 6.45) is 3.51. The Balaban J connectivity index is 1.91. The maximum absolute atomic E-state index is 12.2. The van der Waals surface area contributed by atoms with E-state index in [0.29, 0.717) is 39.3 Å². The fourth-order valence-electron chi connectivity index (χ4n) is 2.60. The number of hydrogen-bond acceptors (Lipinski definition) is 5. The van der Waals surface area contributed by atoms with Gasteiger partial charge in [-0.1, -0.05) is 48.7 Å². The quantitative estimate of drug-likeness (QED) is 0.336. The first-order chi connectivity index (χ1) is 13.5. The van der Waals surface area contributed by atoms with Crippen molar-refractivity contribution in [3.63, 3.8) is 0 Å². The van der Waals surface area contributed by atoms with E-state index < -0.39 is 5.97 Å². The predicted molar refractivity (Wildman–Crippen MR) is 110 cm³/mol. The first kappa shape index (κ1) is 20.2. The lowest BCUT2D eigenvalue weighted by molar-refractivity contribution is -0.129. The fraction of sp³-hybridized carbons (Fsp3) is 0.238. The van der Waals surface area contributed by atoms with Gasteiger partial charge in [-0.05, 0) is 42.3 Å². The normalized spacial score (nSPS) is 14.8. The number of carbonyl (C=O) groups is 1. The maximum atomic E-state index is 12.2. The van der Waals surface area contributed by atoms with Gasteiger partial charge in [0, 0.05) is 0 Å². The predicted octanol–water partition coefficient (Wildman–Crippen LogP) is 5.53. The zero-order valence-electron chi connectivity index (χ0n) is 15.5. The molecule has 0 aromatic heterocycles. The van der Waals surface area contributed by atoms with E-state index in [0.717, 1.165) is 12.8 Å². The average molecular weight is 420 g/mol. The number of benzene rings is 2. The molecule has 28 heavy (non-hydrogen) atoms. The SMILES string of the molecule is CCCCOc1c(Cl)cc(/C=C2\N=C(c3ccccc3Cl)OC2=O)cc1OC. The second-order valence-electron chi connectivity index (χ2n) is 6.05. The molecule has 0 amide bonds. The van der Waals surface area contributed by atoms with Gasteiger partial charge in [-0.2, -0.15) is 0 Å². The van der Waals surface area contributed by atoms with Crippen LogP contribution in [0.3, 0.4) is 0 Å². The number of aliphatic imine (C=N–C) groups is 1. The Morgan fingerprint density at radius 1 is 1.18 bits per heavy atom. The number of carbonyl (C=O) groups excluding carboxylic acids is 1. The van der Waals surface area contributed by atoms with Crippen LogP contribution in [0.25, 0.3) is 6.08 Å². The van der Waals surface area contributed by atoms with Gasteiger partial charge in [0.05, 0.1) is 29.3 Å². The fourth-order valence-corrected chi connectivity index (χ4v) is 3.09. The van der Waals surface area contributed by atoms with Gasteiger partial charge in [-0.3, -0.25) is 0 Å². The third-order valence-electron chi connectivity index (χ3n) is 4.02. The monoisotopic (exact) mass is 419 g/mol. The molecule has 2 aromatic carbocycles. The molecule has 0 atom stereocenters. The number of rotatable bonds is 7. The van der Waals surface area contributed by atoms with Gasteiger partial charge in [-0.25, -0.2) is 9.79 Å². The smallest absolute Gasteiger partial charge is 0.363 e. The van der Waals surface area contributed by atoms with Crippen molar-refractivity contribution in [1.29, 1.82) is 0 Å². The number of unbranched alkanes of at least 4 members (excludes halogenated alkanes) is 1. The molecule has 1 aliphatic rings. The molecule has 0 aliphatic carbocycles. The minimum Gasteiger partial charge on any atom is -0.493 e. The molecule has 5 nitrogen and oxygen atoms in total. The van der Waals surface area contributed by atoms with Crippen LogP contribution in [0.1, 0.15) is 30.9 Å². The third-order valence-corrected chi connectivity index (χ3v) is 4.63. The summed E-state index contributed by atoms with van der Waals surface area (Å²) in [4.78, 5) is 16.5. The summed E-state index contributed by atoms with van der Waals surface area (Å²) in [6.45, 7) is 2.63. The molecule has 0 N–H and O–H groups in total. The van der Waals surface area contributed by atoms with Crippen LogP contribution in [-0.2, 0) is 9.53 Å². The summed E-state index contributed by atoms with van der Waals surface area (Å²) in [5.74, 6) is 0.568. The summed E-state index contributed by atoms with van der Waals surface area (Å²) < 4.78 is 16.4.